The van der Waals surface area contributed by atoms with Crippen LogP contribution in [0.25, 0.3) is 0 Å². The Morgan fingerprint density at radius 3 is 2.59 bits per heavy atom. The van der Waals surface area contributed by atoms with Gasteiger partial charge in [0.05, 0.1) is 12.3 Å². The topological polar surface area (TPSA) is 25.2 Å². The normalized spacial score (nSPS) is 12.5. The van der Waals surface area contributed by atoms with Crippen molar-refractivity contribution in [2.75, 3.05) is 6.54 Å². The van der Waals surface area contributed by atoms with Crippen molar-refractivity contribution < 1.29 is 4.42 Å². The van der Waals surface area contributed by atoms with E-state index < -0.39 is 0 Å². The summed E-state index contributed by atoms with van der Waals surface area (Å²) >= 11 is 0. The van der Waals surface area contributed by atoms with E-state index in [2.05, 4.69) is 36.5 Å². The summed E-state index contributed by atoms with van der Waals surface area (Å²) in [6, 6.07) is 14.8. The van der Waals surface area contributed by atoms with Crippen molar-refractivity contribution in [1.29, 1.82) is 0 Å². The molecule has 0 saturated carbocycles. The minimum absolute atomic E-state index is 0.271. The zero-order chi connectivity index (χ0) is 11.9. The first-order chi connectivity index (χ1) is 8.40. The fourth-order valence-corrected chi connectivity index (χ4v) is 1.93. The fraction of sp³-hybridized carbons (Fsp3) is 0.333. The first-order valence-corrected chi connectivity index (χ1v) is 6.21. The Balaban J connectivity index is 2.06. The van der Waals surface area contributed by atoms with Crippen LogP contribution in [-0.2, 0) is 6.42 Å². The van der Waals surface area contributed by atoms with Crippen LogP contribution in [0.4, 0.5) is 0 Å². The lowest BCUT2D eigenvalue weighted by Crippen LogP contribution is -2.23. The van der Waals surface area contributed by atoms with Crippen molar-refractivity contribution in [2.45, 2.75) is 25.8 Å². The van der Waals surface area contributed by atoms with Gasteiger partial charge in [-0.2, -0.15) is 0 Å². The van der Waals surface area contributed by atoms with E-state index in [1.165, 1.54) is 5.56 Å². The maximum absolute atomic E-state index is 5.50. The molecule has 0 bridgehead atoms. The van der Waals surface area contributed by atoms with Gasteiger partial charge < -0.3 is 9.73 Å². The number of nitrogens with one attached hydrogen (secondary N) is 1. The van der Waals surface area contributed by atoms with Gasteiger partial charge >= 0.3 is 0 Å². The highest BCUT2D eigenvalue weighted by atomic mass is 16.3. The van der Waals surface area contributed by atoms with Gasteiger partial charge in [-0.15, -0.1) is 0 Å². The molecule has 0 aliphatic rings. The van der Waals surface area contributed by atoms with Crippen LogP contribution in [0.2, 0.25) is 0 Å². The van der Waals surface area contributed by atoms with Crippen molar-refractivity contribution in [2.24, 2.45) is 0 Å². The molecule has 2 aromatic rings. The van der Waals surface area contributed by atoms with Crippen molar-refractivity contribution >= 4 is 0 Å². The molecule has 1 atom stereocenters. The van der Waals surface area contributed by atoms with E-state index in [9.17, 15) is 0 Å². The molecule has 0 amide bonds. The summed E-state index contributed by atoms with van der Waals surface area (Å²) in [5, 5.41) is 3.53. The van der Waals surface area contributed by atoms with Gasteiger partial charge in [-0.05, 0) is 37.1 Å². The Hall–Kier alpha value is -1.54. The van der Waals surface area contributed by atoms with Crippen LogP contribution in [0.3, 0.4) is 0 Å². The molecule has 1 N–H and O–H groups in total. The Kier molecular flexibility index (Phi) is 4.39. The largest absolute Gasteiger partial charge is 0.468 e. The molecule has 0 unspecified atom stereocenters. The molecular formula is C15H19NO. The average Bonchev–Trinajstić information content (AvgIpc) is 2.89. The molecule has 17 heavy (non-hydrogen) atoms. The standard InChI is InChI=1S/C15H19NO/c1-2-10-16-14(15-9-6-11-17-15)12-13-7-4-3-5-8-13/h3-9,11,14,16H,2,10,12H2,1H3/t14-/m0/s1. The van der Waals surface area contributed by atoms with Crippen molar-refractivity contribution in [3.63, 3.8) is 0 Å². The summed E-state index contributed by atoms with van der Waals surface area (Å²) < 4.78 is 5.50. The summed E-state index contributed by atoms with van der Waals surface area (Å²) in [7, 11) is 0. The van der Waals surface area contributed by atoms with E-state index in [4.69, 9.17) is 4.42 Å². The minimum Gasteiger partial charge on any atom is -0.468 e. The van der Waals surface area contributed by atoms with Gasteiger partial charge in [0, 0.05) is 0 Å². The smallest absolute Gasteiger partial charge is 0.121 e. The second kappa shape index (κ2) is 6.26. The molecule has 0 spiro atoms. The van der Waals surface area contributed by atoms with Crippen molar-refractivity contribution in [3.05, 3.63) is 60.1 Å². The second-order valence-electron chi connectivity index (χ2n) is 4.21. The van der Waals surface area contributed by atoms with E-state index in [-0.39, 0.29) is 6.04 Å². The second-order valence-corrected chi connectivity index (χ2v) is 4.21. The predicted octanol–water partition coefficient (Wildman–Crippen LogP) is 3.56. The molecule has 0 saturated heterocycles. The third-order valence-electron chi connectivity index (χ3n) is 2.81. The van der Waals surface area contributed by atoms with E-state index in [0.717, 1.165) is 25.1 Å². The highest BCUT2D eigenvalue weighted by Gasteiger charge is 2.13. The van der Waals surface area contributed by atoms with Crippen molar-refractivity contribution in [1.82, 2.24) is 5.32 Å². The summed E-state index contributed by atoms with van der Waals surface area (Å²) in [6.07, 6.45) is 3.83. The monoisotopic (exact) mass is 229 g/mol. The van der Waals surface area contributed by atoms with Crippen LogP contribution in [0.5, 0.6) is 0 Å². The average molecular weight is 229 g/mol. The van der Waals surface area contributed by atoms with Gasteiger partial charge in [0.2, 0.25) is 0 Å². The van der Waals surface area contributed by atoms with E-state index in [1.54, 1.807) is 6.26 Å². The number of furan rings is 1. The molecule has 0 fully saturated rings. The van der Waals surface area contributed by atoms with Gasteiger partial charge in [0.15, 0.2) is 0 Å². The lowest BCUT2D eigenvalue weighted by Gasteiger charge is -2.16. The van der Waals surface area contributed by atoms with Crippen LogP contribution in [0.1, 0.15) is 30.7 Å². The molecule has 2 rings (SSSR count). The Morgan fingerprint density at radius 1 is 1.12 bits per heavy atom. The quantitative estimate of drug-likeness (QED) is 0.819. The molecule has 1 heterocycles. The lowest BCUT2D eigenvalue weighted by atomic mass is 10.0. The molecular weight excluding hydrogens is 210 g/mol. The molecule has 1 aromatic heterocycles. The van der Waals surface area contributed by atoms with Crippen LogP contribution in [0.15, 0.2) is 53.1 Å². The van der Waals surface area contributed by atoms with Crippen molar-refractivity contribution in [3.8, 4) is 0 Å². The van der Waals surface area contributed by atoms with Crippen LogP contribution in [0, 0.1) is 0 Å². The highest BCUT2D eigenvalue weighted by Crippen LogP contribution is 2.18. The summed E-state index contributed by atoms with van der Waals surface area (Å²) in [4.78, 5) is 0. The lowest BCUT2D eigenvalue weighted by molar-refractivity contribution is 0.410. The van der Waals surface area contributed by atoms with Crippen LogP contribution >= 0.6 is 0 Å². The van der Waals surface area contributed by atoms with Gasteiger partial charge in [0.25, 0.3) is 0 Å². The predicted molar refractivity (Wildman–Crippen MR) is 69.9 cm³/mol. The summed E-state index contributed by atoms with van der Waals surface area (Å²) in [5.41, 5.74) is 1.33. The summed E-state index contributed by atoms with van der Waals surface area (Å²) in [6.45, 7) is 3.19. The fourth-order valence-electron chi connectivity index (χ4n) is 1.93. The third-order valence-corrected chi connectivity index (χ3v) is 2.81. The molecule has 0 aliphatic heterocycles. The van der Waals surface area contributed by atoms with Gasteiger partial charge in [-0.25, -0.2) is 0 Å². The first kappa shape index (κ1) is 11.9. The number of benzene rings is 1. The van der Waals surface area contributed by atoms with Gasteiger partial charge in [-0.1, -0.05) is 37.3 Å². The molecule has 2 nitrogen and oxygen atoms in total. The molecule has 2 heteroatoms. The summed E-state index contributed by atoms with van der Waals surface area (Å²) in [5.74, 6) is 1.02. The van der Waals surface area contributed by atoms with Crippen LogP contribution < -0.4 is 5.32 Å². The third kappa shape index (κ3) is 3.46. The first-order valence-electron chi connectivity index (χ1n) is 6.21. The number of hydrogen-bond acceptors (Lipinski definition) is 2. The van der Waals surface area contributed by atoms with Gasteiger partial charge in [0.1, 0.15) is 5.76 Å². The maximum atomic E-state index is 5.50. The van der Waals surface area contributed by atoms with E-state index in [0.29, 0.717) is 0 Å². The Labute approximate surface area is 103 Å². The highest BCUT2D eigenvalue weighted by molar-refractivity contribution is 5.18. The molecule has 1 aromatic carbocycles. The SMILES string of the molecule is CCCN[C@@H](Cc1ccccc1)c1ccco1. The number of rotatable bonds is 6. The Morgan fingerprint density at radius 2 is 1.94 bits per heavy atom. The Bertz CT molecular complexity index is 408. The number of hydrogen-bond donors (Lipinski definition) is 1. The zero-order valence-electron chi connectivity index (χ0n) is 10.2. The van der Waals surface area contributed by atoms with Gasteiger partial charge in [-0.3, -0.25) is 0 Å². The molecule has 0 radical (unpaired) electrons. The maximum Gasteiger partial charge on any atom is 0.121 e. The van der Waals surface area contributed by atoms with E-state index >= 15 is 0 Å². The zero-order valence-corrected chi connectivity index (χ0v) is 10.2. The molecule has 0 aliphatic carbocycles. The van der Waals surface area contributed by atoms with E-state index in [1.807, 2.05) is 18.2 Å². The minimum atomic E-state index is 0.271. The van der Waals surface area contributed by atoms with Crippen LogP contribution in [-0.4, -0.2) is 6.54 Å². The molecule has 90 valence electrons.